The fourth-order valence-electron chi connectivity index (χ4n) is 2.14. The van der Waals surface area contributed by atoms with Gasteiger partial charge in [0.05, 0.1) is 6.04 Å². The lowest BCUT2D eigenvalue weighted by atomic mass is 9.99. The number of aryl methyl sites for hydroxylation is 1. The van der Waals surface area contributed by atoms with Crippen LogP contribution in [-0.4, -0.2) is 11.5 Å². The molecule has 1 aromatic heterocycles. The minimum absolute atomic E-state index is 0.199. The van der Waals surface area contributed by atoms with Crippen LogP contribution in [0.3, 0.4) is 0 Å². The predicted octanol–water partition coefficient (Wildman–Crippen LogP) is 4.24. The minimum atomic E-state index is 0.199. The van der Waals surface area contributed by atoms with Crippen LogP contribution in [0.4, 0.5) is 0 Å². The second kappa shape index (κ2) is 6.83. The fraction of sp³-hybridized carbons (Fsp3) is 0.312. The molecule has 1 N–H and O–H groups in total. The molecule has 0 amide bonds. The van der Waals surface area contributed by atoms with Gasteiger partial charge in [0.25, 0.3) is 0 Å². The van der Waals surface area contributed by atoms with Crippen LogP contribution in [0, 0.1) is 6.92 Å². The number of hydrogen-bond donors (Lipinski definition) is 1. The molecule has 100 valence electrons. The van der Waals surface area contributed by atoms with Crippen molar-refractivity contribution in [3.05, 3.63) is 63.9 Å². The molecule has 0 aliphatic heterocycles. The summed E-state index contributed by atoms with van der Waals surface area (Å²) in [5.41, 5.74) is 3.66. The summed E-state index contributed by atoms with van der Waals surface area (Å²) in [5, 5.41) is 3.60. The molecule has 1 atom stereocenters. The number of aromatic nitrogens is 1. The second-order valence-corrected chi connectivity index (χ2v) is 5.65. The van der Waals surface area contributed by atoms with E-state index in [4.69, 9.17) is 0 Å². The average molecular weight is 319 g/mol. The largest absolute Gasteiger partial charge is 0.306 e. The van der Waals surface area contributed by atoms with E-state index >= 15 is 0 Å². The Hall–Kier alpha value is -1.19. The Bertz CT molecular complexity index is 494. The summed E-state index contributed by atoms with van der Waals surface area (Å²) in [6.45, 7) is 5.25. The standard InChI is InChI=1S/C16H19BrN2/c1-3-7-19-16(13-5-4-6-15(17)9-13)14-8-12(2)10-18-11-14/h4-6,8-11,16,19H,3,7H2,1-2H3. The van der Waals surface area contributed by atoms with Crippen LogP contribution in [0.15, 0.2) is 47.2 Å². The van der Waals surface area contributed by atoms with Crippen LogP contribution < -0.4 is 5.32 Å². The number of nitrogens with zero attached hydrogens (tertiary/aromatic N) is 1. The van der Waals surface area contributed by atoms with Gasteiger partial charge in [0.15, 0.2) is 0 Å². The molecule has 0 bridgehead atoms. The molecule has 0 saturated heterocycles. The SMILES string of the molecule is CCCNC(c1cncc(C)c1)c1cccc(Br)c1. The van der Waals surface area contributed by atoms with Crippen LogP contribution in [0.5, 0.6) is 0 Å². The van der Waals surface area contributed by atoms with Crippen molar-refractivity contribution in [2.24, 2.45) is 0 Å². The Kier molecular flexibility index (Phi) is 5.11. The third kappa shape index (κ3) is 3.88. The van der Waals surface area contributed by atoms with Crippen LogP contribution in [0.1, 0.15) is 36.1 Å². The molecule has 0 saturated carbocycles. The molecule has 1 aromatic carbocycles. The number of benzene rings is 1. The Morgan fingerprint density at radius 3 is 2.74 bits per heavy atom. The molecule has 19 heavy (non-hydrogen) atoms. The van der Waals surface area contributed by atoms with Gasteiger partial charge in [-0.1, -0.05) is 41.1 Å². The van der Waals surface area contributed by atoms with Gasteiger partial charge in [0.2, 0.25) is 0 Å². The van der Waals surface area contributed by atoms with Crippen molar-refractivity contribution in [3.63, 3.8) is 0 Å². The molecule has 0 spiro atoms. The second-order valence-electron chi connectivity index (χ2n) is 4.74. The molecule has 2 aromatic rings. The topological polar surface area (TPSA) is 24.9 Å². The lowest BCUT2D eigenvalue weighted by Gasteiger charge is -2.20. The van der Waals surface area contributed by atoms with E-state index < -0.39 is 0 Å². The van der Waals surface area contributed by atoms with E-state index in [0.29, 0.717) is 0 Å². The monoisotopic (exact) mass is 318 g/mol. The number of nitrogens with one attached hydrogen (secondary N) is 1. The van der Waals surface area contributed by atoms with Gasteiger partial charge in [-0.15, -0.1) is 0 Å². The van der Waals surface area contributed by atoms with Crippen molar-refractivity contribution in [2.75, 3.05) is 6.54 Å². The zero-order chi connectivity index (χ0) is 13.7. The van der Waals surface area contributed by atoms with Crippen LogP contribution in [-0.2, 0) is 0 Å². The molecule has 2 nitrogen and oxygen atoms in total. The Morgan fingerprint density at radius 1 is 1.21 bits per heavy atom. The highest BCUT2D eigenvalue weighted by Gasteiger charge is 2.13. The fourth-order valence-corrected chi connectivity index (χ4v) is 2.56. The number of halogens is 1. The zero-order valence-electron chi connectivity index (χ0n) is 11.4. The maximum absolute atomic E-state index is 4.31. The van der Waals surface area contributed by atoms with Crippen LogP contribution in [0.25, 0.3) is 0 Å². The van der Waals surface area contributed by atoms with Crippen molar-refractivity contribution in [2.45, 2.75) is 26.3 Å². The molecule has 3 heteroatoms. The van der Waals surface area contributed by atoms with Gasteiger partial charge in [0, 0.05) is 16.9 Å². The first-order valence-electron chi connectivity index (χ1n) is 6.61. The normalized spacial score (nSPS) is 12.4. The van der Waals surface area contributed by atoms with Gasteiger partial charge in [-0.2, -0.15) is 0 Å². The van der Waals surface area contributed by atoms with Gasteiger partial charge in [-0.25, -0.2) is 0 Å². The van der Waals surface area contributed by atoms with E-state index in [2.05, 4.69) is 70.4 Å². The summed E-state index contributed by atoms with van der Waals surface area (Å²) in [4.78, 5) is 4.31. The van der Waals surface area contributed by atoms with Crippen molar-refractivity contribution < 1.29 is 0 Å². The van der Waals surface area contributed by atoms with E-state index in [0.717, 1.165) is 17.4 Å². The Balaban J connectivity index is 2.35. The quantitative estimate of drug-likeness (QED) is 0.891. The highest BCUT2D eigenvalue weighted by Crippen LogP contribution is 2.24. The van der Waals surface area contributed by atoms with E-state index in [1.165, 1.54) is 16.7 Å². The molecular formula is C16H19BrN2. The molecule has 0 aliphatic rings. The highest BCUT2D eigenvalue weighted by molar-refractivity contribution is 9.10. The van der Waals surface area contributed by atoms with Gasteiger partial charge < -0.3 is 5.32 Å². The van der Waals surface area contributed by atoms with Crippen molar-refractivity contribution in [3.8, 4) is 0 Å². The van der Waals surface area contributed by atoms with Crippen molar-refractivity contribution >= 4 is 15.9 Å². The molecule has 0 fully saturated rings. The number of pyridine rings is 1. The summed E-state index contributed by atoms with van der Waals surface area (Å²) >= 11 is 3.54. The zero-order valence-corrected chi connectivity index (χ0v) is 12.9. The molecule has 0 radical (unpaired) electrons. The molecule has 1 heterocycles. The minimum Gasteiger partial charge on any atom is -0.306 e. The maximum atomic E-state index is 4.31. The van der Waals surface area contributed by atoms with Gasteiger partial charge in [0.1, 0.15) is 0 Å². The van der Waals surface area contributed by atoms with E-state index in [1.807, 2.05) is 12.4 Å². The van der Waals surface area contributed by atoms with Crippen LogP contribution >= 0.6 is 15.9 Å². The number of rotatable bonds is 5. The van der Waals surface area contributed by atoms with Crippen molar-refractivity contribution in [1.29, 1.82) is 0 Å². The van der Waals surface area contributed by atoms with Gasteiger partial charge in [-0.05, 0) is 48.7 Å². The highest BCUT2D eigenvalue weighted by atomic mass is 79.9. The predicted molar refractivity (Wildman–Crippen MR) is 83.3 cm³/mol. The first-order valence-corrected chi connectivity index (χ1v) is 7.40. The number of hydrogen-bond acceptors (Lipinski definition) is 2. The van der Waals surface area contributed by atoms with Crippen molar-refractivity contribution in [1.82, 2.24) is 10.3 Å². The lowest BCUT2D eigenvalue weighted by molar-refractivity contribution is 0.596. The lowest BCUT2D eigenvalue weighted by Crippen LogP contribution is -2.23. The molecule has 1 unspecified atom stereocenters. The van der Waals surface area contributed by atoms with Crippen LogP contribution in [0.2, 0.25) is 0 Å². The van der Waals surface area contributed by atoms with E-state index in [9.17, 15) is 0 Å². The first-order chi connectivity index (χ1) is 9.20. The Labute approximate surface area is 123 Å². The summed E-state index contributed by atoms with van der Waals surface area (Å²) in [6, 6.07) is 10.8. The summed E-state index contributed by atoms with van der Waals surface area (Å²) < 4.78 is 1.11. The smallest absolute Gasteiger partial charge is 0.0592 e. The molecule has 2 rings (SSSR count). The summed E-state index contributed by atoms with van der Waals surface area (Å²) in [6.07, 6.45) is 4.95. The maximum Gasteiger partial charge on any atom is 0.0592 e. The third-order valence-corrected chi connectivity index (χ3v) is 3.50. The van der Waals surface area contributed by atoms with Gasteiger partial charge >= 0.3 is 0 Å². The van der Waals surface area contributed by atoms with Gasteiger partial charge in [-0.3, -0.25) is 4.98 Å². The van der Waals surface area contributed by atoms with E-state index in [-0.39, 0.29) is 6.04 Å². The molecular weight excluding hydrogens is 300 g/mol. The summed E-state index contributed by atoms with van der Waals surface area (Å²) in [7, 11) is 0. The molecule has 0 aliphatic carbocycles. The Morgan fingerprint density at radius 2 is 2.05 bits per heavy atom. The average Bonchev–Trinajstić information content (AvgIpc) is 2.39. The first kappa shape index (κ1) is 14.2. The third-order valence-electron chi connectivity index (χ3n) is 3.01. The van der Waals surface area contributed by atoms with E-state index in [1.54, 1.807) is 0 Å². The summed E-state index contributed by atoms with van der Waals surface area (Å²) in [5.74, 6) is 0.